The molecule has 1 aromatic heterocycles. The maximum absolute atomic E-state index is 2.75. The first-order chi connectivity index (χ1) is 29.5. The van der Waals surface area contributed by atoms with Gasteiger partial charge in [0.1, 0.15) is 0 Å². The molecule has 0 N–H and O–H groups in total. The first-order valence-corrected chi connectivity index (χ1v) is 23.7. The van der Waals surface area contributed by atoms with Crippen LogP contribution in [0.4, 0.5) is 17.1 Å². The minimum Gasteiger partial charge on any atom is -0.310 e. The van der Waals surface area contributed by atoms with E-state index in [9.17, 15) is 0 Å². The van der Waals surface area contributed by atoms with Crippen molar-refractivity contribution in [3.8, 4) is 22.3 Å². The third kappa shape index (κ3) is 4.97. The van der Waals surface area contributed by atoms with Crippen molar-refractivity contribution in [1.29, 1.82) is 0 Å². The van der Waals surface area contributed by atoms with E-state index in [1.165, 1.54) is 91.1 Å². The second-order valence-corrected chi connectivity index (χ2v) is 21.5. The van der Waals surface area contributed by atoms with Crippen LogP contribution >= 0.6 is 11.3 Å². The van der Waals surface area contributed by atoms with Gasteiger partial charge < -0.3 is 4.90 Å². The summed E-state index contributed by atoms with van der Waals surface area (Å²) < 4.78 is 2.61. The lowest BCUT2D eigenvalue weighted by molar-refractivity contribution is 0.714. The Morgan fingerprint density at radius 3 is 1.77 bits per heavy atom. The topological polar surface area (TPSA) is 3.24 Å². The van der Waals surface area contributed by atoms with Crippen LogP contribution in [-0.4, -0.2) is 8.07 Å². The summed E-state index contributed by atoms with van der Waals surface area (Å²) in [6.07, 6.45) is 0. The van der Waals surface area contributed by atoms with Crippen LogP contribution in [0.25, 0.3) is 42.4 Å². The molecule has 0 saturated heterocycles. The molecular formula is C57H41NSSi. The van der Waals surface area contributed by atoms with Gasteiger partial charge in [0, 0.05) is 42.6 Å². The summed E-state index contributed by atoms with van der Waals surface area (Å²) in [7, 11) is -2.75. The van der Waals surface area contributed by atoms with E-state index in [2.05, 4.69) is 231 Å². The number of hydrogen-bond donors (Lipinski definition) is 0. The van der Waals surface area contributed by atoms with Crippen molar-refractivity contribution in [2.75, 3.05) is 4.90 Å². The Balaban J connectivity index is 1.13. The third-order valence-electron chi connectivity index (χ3n) is 13.4. The van der Waals surface area contributed by atoms with Crippen molar-refractivity contribution < 1.29 is 0 Å². The SMILES string of the molecule is Cc1cc(N(c2ccc3c(c2)C(C)(c2ccccc2)c2ccccc2-3)c2ccc3c(c2)sc2ccccc23)cc([Si]2(c3ccccc3)c3ccccc3-c3ccccc32)c1. The highest BCUT2D eigenvalue weighted by molar-refractivity contribution is 7.26. The largest absolute Gasteiger partial charge is 0.310 e. The molecule has 1 atom stereocenters. The molecule has 2 aliphatic rings. The molecule has 10 aromatic rings. The molecule has 60 heavy (non-hydrogen) atoms. The van der Waals surface area contributed by atoms with E-state index in [1.807, 2.05) is 11.3 Å². The van der Waals surface area contributed by atoms with Gasteiger partial charge in [0.15, 0.2) is 8.07 Å². The van der Waals surface area contributed by atoms with Crippen LogP contribution in [0.1, 0.15) is 29.2 Å². The molecule has 0 radical (unpaired) electrons. The Bertz CT molecular complexity index is 3270. The fourth-order valence-electron chi connectivity index (χ4n) is 10.8. The van der Waals surface area contributed by atoms with E-state index in [0.717, 1.165) is 11.4 Å². The van der Waals surface area contributed by atoms with Gasteiger partial charge in [-0.25, -0.2) is 0 Å². The number of fused-ring (bicyclic) bond motifs is 9. The monoisotopic (exact) mass is 799 g/mol. The van der Waals surface area contributed by atoms with E-state index >= 15 is 0 Å². The molecule has 0 fully saturated rings. The lowest BCUT2D eigenvalue weighted by atomic mass is 9.74. The second kappa shape index (κ2) is 13.4. The molecule has 1 nitrogen and oxygen atoms in total. The van der Waals surface area contributed by atoms with E-state index in [4.69, 9.17) is 0 Å². The molecule has 0 spiro atoms. The van der Waals surface area contributed by atoms with E-state index in [1.54, 1.807) is 0 Å². The number of rotatable bonds is 6. The van der Waals surface area contributed by atoms with Gasteiger partial charge in [-0.15, -0.1) is 11.3 Å². The van der Waals surface area contributed by atoms with Crippen LogP contribution < -0.4 is 25.6 Å². The number of thiophene rings is 1. The van der Waals surface area contributed by atoms with E-state index in [0.29, 0.717) is 0 Å². The van der Waals surface area contributed by atoms with Gasteiger partial charge in [-0.3, -0.25) is 0 Å². The van der Waals surface area contributed by atoms with E-state index in [-0.39, 0.29) is 5.41 Å². The zero-order valence-electron chi connectivity index (χ0n) is 33.6. The molecule has 3 heteroatoms. The summed E-state index contributed by atoms with van der Waals surface area (Å²) >= 11 is 1.88. The minimum absolute atomic E-state index is 0.316. The van der Waals surface area contributed by atoms with Gasteiger partial charge in [0.25, 0.3) is 0 Å². The lowest BCUT2D eigenvalue weighted by Crippen LogP contribution is -2.72. The van der Waals surface area contributed by atoms with Crippen molar-refractivity contribution in [2.45, 2.75) is 19.3 Å². The average Bonchev–Trinajstić information content (AvgIpc) is 3.91. The summed E-state index contributed by atoms with van der Waals surface area (Å²) in [6.45, 7) is 4.70. The summed E-state index contributed by atoms with van der Waals surface area (Å²) in [6, 6.07) is 80.4. The Hall–Kier alpha value is -6.78. The smallest absolute Gasteiger partial charge is 0.180 e. The zero-order chi connectivity index (χ0) is 40.0. The van der Waals surface area contributed by atoms with Gasteiger partial charge in [0.05, 0.1) is 0 Å². The minimum atomic E-state index is -2.75. The Kier molecular flexibility index (Phi) is 7.84. The number of benzene rings is 9. The molecule has 9 aromatic carbocycles. The maximum atomic E-state index is 2.54. The number of nitrogens with zero attached hydrogens (tertiary/aromatic N) is 1. The van der Waals surface area contributed by atoms with Crippen molar-refractivity contribution in [3.63, 3.8) is 0 Å². The van der Waals surface area contributed by atoms with Crippen LogP contribution in [0.2, 0.25) is 0 Å². The third-order valence-corrected chi connectivity index (χ3v) is 19.4. The number of hydrogen-bond acceptors (Lipinski definition) is 2. The van der Waals surface area contributed by atoms with E-state index < -0.39 is 8.07 Å². The summed E-state index contributed by atoms with van der Waals surface area (Å²) in [5.41, 5.74) is 13.8. The highest BCUT2D eigenvalue weighted by Crippen LogP contribution is 2.54. The first-order valence-electron chi connectivity index (χ1n) is 20.9. The second-order valence-electron chi connectivity index (χ2n) is 16.6. The van der Waals surface area contributed by atoms with Gasteiger partial charge >= 0.3 is 0 Å². The molecule has 0 amide bonds. The van der Waals surface area contributed by atoms with Crippen LogP contribution in [0.3, 0.4) is 0 Å². The Morgan fingerprint density at radius 1 is 0.417 bits per heavy atom. The Labute approximate surface area is 356 Å². The first kappa shape index (κ1) is 35.2. The lowest BCUT2D eigenvalue weighted by Gasteiger charge is -2.34. The van der Waals surface area contributed by atoms with Crippen molar-refractivity contribution in [2.24, 2.45) is 0 Å². The normalized spacial score (nSPS) is 15.7. The van der Waals surface area contributed by atoms with Gasteiger partial charge in [-0.1, -0.05) is 170 Å². The average molecular weight is 800 g/mol. The highest BCUT2D eigenvalue weighted by Gasteiger charge is 2.49. The van der Waals surface area contributed by atoms with Crippen LogP contribution in [0.5, 0.6) is 0 Å². The molecule has 284 valence electrons. The molecule has 0 saturated carbocycles. The van der Waals surface area contributed by atoms with Gasteiger partial charge in [-0.2, -0.15) is 0 Å². The van der Waals surface area contributed by atoms with Crippen LogP contribution in [0.15, 0.2) is 212 Å². The molecule has 1 aliphatic heterocycles. The van der Waals surface area contributed by atoms with Crippen molar-refractivity contribution in [3.05, 3.63) is 235 Å². The fraction of sp³-hybridized carbons (Fsp3) is 0.0526. The standard InChI is InChI=1S/C57H41NSSi/c1-38-33-42(35-44(34-38)60(43-19-7-4-8-20-43)55-27-15-11-23-49(55)50-24-12-16-28-56(50)60)58(41-30-32-48-47-22-10-14-26-53(47)59-54(48)37-41)40-29-31-46-45-21-9-13-25-51(45)57(2,52(46)36-40)39-17-5-3-6-18-39/h3-37H,1-2H3. The molecule has 1 aliphatic carbocycles. The zero-order valence-corrected chi connectivity index (χ0v) is 35.4. The quantitative estimate of drug-likeness (QED) is 0.151. The summed E-state index contributed by atoms with van der Waals surface area (Å²) in [5.74, 6) is 0. The Morgan fingerprint density at radius 2 is 1.00 bits per heavy atom. The van der Waals surface area contributed by atoms with Crippen LogP contribution in [-0.2, 0) is 5.41 Å². The number of anilines is 3. The predicted molar refractivity (Wildman–Crippen MR) is 259 cm³/mol. The van der Waals surface area contributed by atoms with Gasteiger partial charge in [0.2, 0.25) is 0 Å². The highest BCUT2D eigenvalue weighted by atomic mass is 32.1. The molecule has 1 unspecified atom stereocenters. The predicted octanol–water partition coefficient (Wildman–Crippen LogP) is 12.5. The molecule has 2 heterocycles. The van der Waals surface area contributed by atoms with Crippen molar-refractivity contribution >= 4 is 77.4 Å². The number of aryl methyl sites for hydroxylation is 1. The van der Waals surface area contributed by atoms with Crippen molar-refractivity contribution in [1.82, 2.24) is 0 Å². The molecule has 12 rings (SSSR count). The van der Waals surface area contributed by atoms with Gasteiger partial charge in [-0.05, 0) is 122 Å². The van der Waals surface area contributed by atoms with Crippen LogP contribution in [0, 0.1) is 6.92 Å². The summed E-state index contributed by atoms with van der Waals surface area (Å²) in [5, 5.41) is 8.35. The maximum Gasteiger partial charge on any atom is 0.180 e. The molecular weight excluding hydrogens is 759 g/mol. The molecule has 0 bridgehead atoms. The fourth-order valence-corrected chi connectivity index (χ4v) is 17.3. The summed E-state index contributed by atoms with van der Waals surface area (Å²) in [4.78, 5) is 2.54.